The average molecular weight is 234 g/mol. The van der Waals surface area contributed by atoms with Gasteiger partial charge in [0.2, 0.25) is 0 Å². The van der Waals surface area contributed by atoms with Gasteiger partial charge in [0, 0.05) is 19.4 Å². The highest BCUT2D eigenvalue weighted by atomic mass is 16.5. The third-order valence-electron chi connectivity index (χ3n) is 2.78. The molecule has 1 rings (SSSR count). The third kappa shape index (κ3) is 5.14. The Kier molecular flexibility index (Phi) is 5.92. The van der Waals surface area contributed by atoms with E-state index in [1.54, 1.807) is 0 Å². The van der Waals surface area contributed by atoms with Crippen LogP contribution in [0.25, 0.3) is 0 Å². The largest absolute Gasteiger partial charge is 0.381 e. The predicted molar refractivity (Wildman–Crippen MR) is 70.4 cm³/mol. The molecule has 0 heterocycles. The Hall–Kier alpha value is -1.15. The van der Waals surface area contributed by atoms with E-state index in [0.29, 0.717) is 32.0 Å². The fourth-order valence-electron chi connectivity index (χ4n) is 1.67. The summed E-state index contributed by atoms with van der Waals surface area (Å²) in [4.78, 5) is 11.6. The molecule has 0 aliphatic carbocycles. The van der Waals surface area contributed by atoms with Gasteiger partial charge in [0.25, 0.3) is 0 Å². The maximum absolute atomic E-state index is 11.6. The van der Waals surface area contributed by atoms with Crippen LogP contribution in [0.4, 0.5) is 0 Å². The number of ether oxygens (including phenoxy) is 1. The molecule has 2 heteroatoms. The third-order valence-corrected chi connectivity index (χ3v) is 2.78. The Morgan fingerprint density at radius 3 is 2.41 bits per heavy atom. The summed E-state index contributed by atoms with van der Waals surface area (Å²) in [5.74, 6) is 0.786. The summed E-state index contributed by atoms with van der Waals surface area (Å²) in [5, 5.41) is 0. The van der Waals surface area contributed by atoms with Crippen molar-refractivity contribution < 1.29 is 9.53 Å². The molecular weight excluding hydrogens is 212 g/mol. The zero-order valence-corrected chi connectivity index (χ0v) is 11.0. The molecule has 0 unspecified atom stereocenters. The van der Waals surface area contributed by atoms with Crippen LogP contribution in [-0.2, 0) is 16.0 Å². The molecule has 0 atom stereocenters. The molecule has 94 valence electrons. The molecular formula is C15H22O2. The molecule has 0 fully saturated rings. The first-order valence-electron chi connectivity index (χ1n) is 6.31. The Morgan fingerprint density at radius 1 is 1.24 bits per heavy atom. The number of ketones is 1. The molecule has 0 bridgehead atoms. The molecule has 1 aromatic rings. The number of hydrogen-bond acceptors (Lipinski definition) is 2. The summed E-state index contributed by atoms with van der Waals surface area (Å²) in [7, 11) is 0. The molecule has 0 radical (unpaired) electrons. The summed E-state index contributed by atoms with van der Waals surface area (Å²) in [6.45, 7) is 7.50. The molecule has 0 spiro atoms. The van der Waals surface area contributed by atoms with Crippen molar-refractivity contribution >= 4 is 5.78 Å². The zero-order valence-electron chi connectivity index (χ0n) is 11.0. The maximum Gasteiger partial charge on any atom is 0.139 e. The van der Waals surface area contributed by atoms with E-state index in [-0.39, 0.29) is 5.78 Å². The molecule has 2 nitrogen and oxygen atoms in total. The van der Waals surface area contributed by atoms with Crippen molar-refractivity contribution in [2.45, 2.75) is 39.5 Å². The van der Waals surface area contributed by atoms with Crippen LogP contribution in [0.5, 0.6) is 0 Å². The summed E-state index contributed by atoms with van der Waals surface area (Å²) in [5.41, 5.74) is 2.41. The molecule has 1 aromatic carbocycles. The first kappa shape index (κ1) is 13.9. The van der Waals surface area contributed by atoms with Gasteiger partial charge in [-0.05, 0) is 24.0 Å². The average Bonchev–Trinajstić information content (AvgIpc) is 2.30. The van der Waals surface area contributed by atoms with Crippen LogP contribution in [0.15, 0.2) is 24.3 Å². The summed E-state index contributed by atoms with van der Waals surface area (Å²) in [6, 6.07) is 8.31. The Balaban J connectivity index is 2.43. The highest BCUT2D eigenvalue weighted by Crippen LogP contribution is 2.15. The van der Waals surface area contributed by atoms with Crippen LogP contribution in [0, 0.1) is 0 Å². The van der Waals surface area contributed by atoms with Gasteiger partial charge in [0.15, 0.2) is 0 Å². The molecule has 0 saturated heterocycles. The van der Waals surface area contributed by atoms with Crippen LogP contribution < -0.4 is 0 Å². The number of benzene rings is 1. The van der Waals surface area contributed by atoms with Gasteiger partial charge in [-0.2, -0.15) is 0 Å². The number of hydrogen-bond donors (Lipinski definition) is 0. The van der Waals surface area contributed by atoms with Crippen molar-refractivity contribution in [3.63, 3.8) is 0 Å². The minimum Gasteiger partial charge on any atom is -0.381 e. The first-order valence-corrected chi connectivity index (χ1v) is 6.31. The molecule has 0 N–H and O–H groups in total. The van der Waals surface area contributed by atoms with E-state index in [1.165, 1.54) is 5.56 Å². The lowest BCUT2D eigenvalue weighted by Crippen LogP contribution is -2.07. The van der Waals surface area contributed by atoms with Crippen molar-refractivity contribution in [2.75, 3.05) is 13.2 Å². The quantitative estimate of drug-likeness (QED) is 0.676. The summed E-state index contributed by atoms with van der Waals surface area (Å²) in [6.07, 6.45) is 1.03. The second-order valence-electron chi connectivity index (χ2n) is 4.56. The van der Waals surface area contributed by atoms with E-state index in [4.69, 9.17) is 4.74 Å². The Bertz CT molecular complexity index is 338. The number of carbonyl (C=O) groups excluding carboxylic acids is 1. The molecule has 0 amide bonds. The van der Waals surface area contributed by atoms with E-state index >= 15 is 0 Å². The highest BCUT2D eigenvalue weighted by Gasteiger charge is 2.04. The van der Waals surface area contributed by atoms with E-state index < -0.39 is 0 Å². The first-order chi connectivity index (χ1) is 8.13. The van der Waals surface area contributed by atoms with Gasteiger partial charge >= 0.3 is 0 Å². The Labute approximate surface area is 104 Å². The lowest BCUT2D eigenvalue weighted by Gasteiger charge is -2.06. The fraction of sp³-hybridized carbons (Fsp3) is 0.533. The van der Waals surface area contributed by atoms with Gasteiger partial charge in [0.05, 0.1) is 6.61 Å². The summed E-state index contributed by atoms with van der Waals surface area (Å²) >= 11 is 0. The lowest BCUT2D eigenvalue weighted by atomic mass is 10.00. The fourth-order valence-corrected chi connectivity index (χ4v) is 1.67. The molecule has 17 heavy (non-hydrogen) atoms. The van der Waals surface area contributed by atoms with Crippen LogP contribution in [0.1, 0.15) is 44.2 Å². The van der Waals surface area contributed by atoms with E-state index in [0.717, 1.165) is 5.56 Å². The van der Waals surface area contributed by atoms with Gasteiger partial charge in [0.1, 0.15) is 5.78 Å². The maximum atomic E-state index is 11.6. The van der Waals surface area contributed by atoms with Crippen LogP contribution >= 0.6 is 0 Å². The lowest BCUT2D eigenvalue weighted by molar-refractivity contribution is -0.119. The van der Waals surface area contributed by atoms with Crippen molar-refractivity contribution in [3.05, 3.63) is 35.4 Å². The number of Topliss-reactive ketones (excluding diaryl/α,β-unsaturated/α-hetero) is 1. The van der Waals surface area contributed by atoms with Crippen molar-refractivity contribution in [1.29, 1.82) is 0 Å². The minimum atomic E-state index is 0.246. The predicted octanol–water partition coefficient (Wildman–Crippen LogP) is 3.35. The minimum absolute atomic E-state index is 0.246. The second kappa shape index (κ2) is 7.23. The van der Waals surface area contributed by atoms with Gasteiger partial charge in [-0.1, -0.05) is 38.1 Å². The van der Waals surface area contributed by atoms with Gasteiger partial charge in [-0.3, -0.25) is 4.79 Å². The molecule has 0 aliphatic rings. The normalized spacial score (nSPS) is 10.8. The van der Waals surface area contributed by atoms with Crippen LogP contribution in [-0.4, -0.2) is 19.0 Å². The van der Waals surface area contributed by atoms with Crippen molar-refractivity contribution in [1.82, 2.24) is 0 Å². The van der Waals surface area contributed by atoms with Crippen molar-refractivity contribution in [3.8, 4) is 0 Å². The topological polar surface area (TPSA) is 26.3 Å². The van der Waals surface area contributed by atoms with Gasteiger partial charge in [-0.25, -0.2) is 0 Å². The standard InChI is InChI=1S/C15H22O2/c1-4-17-10-9-15(16)11-13-5-7-14(8-6-13)12(2)3/h5-8,12H,4,9-11H2,1-3H3. The zero-order chi connectivity index (χ0) is 12.7. The Morgan fingerprint density at radius 2 is 1.88 bits per heavy atom. The van der Waals surface area contributed by atoms with Gasteiger partial charge in [-0.15, -0.1) is 0 Å². The van der Waals surface area contributed by atoms with E-state index in [1.807, 2.05) is 19.1 Å². The van der Waals surface area contributed by atoms with E-state index in [2.05, 4.69) is 26.0 Å². The molecule has 0 aromatic heterocycles. The molecule has 0 saturated carbocycles. The highest BCUT2D eigenvalue weighted by molar-refractivity contribution is 5.80. The smallest absolute Gasteiger partial charge is 0.139 e. The summed E-state index contributed by atoms with van der Waals surface area (Å²) < 4.78 is 5.17. The van der Waals surface area contributed by atoms with Crippen LogP contribution in [0.2, 0.25) is 0 Å². The number of rotatable bonds is 7. The number of carbonyl (C=O) groups is 1. The molecule has 0 aliphatic heterocycles. The van der Waals surface area contributed by atoms with Gasteiger partial charge < -0.3 is 4.74 Å². The van der Waals surface area contributed by atoms with Crippen molar-refractivity contribution in [2.24, 2.45) is 0 Å². The van der Waals surface area contributed by atoms with E-state index in [9.17, 15) is 4.79 Å². The monoisotopic (exact) mass is 234 g/mol. The van der Waals surface area contributed by atoms with Crippen LogP contribution in [0.3, 0.4) is 0 Å². The second-order valence-corrected chi connectivity index (χ2v) is 4.56. The SMILES string of the molecule is CCOCCC(=O)Cc1ccc(C(C)C)cc1.